The fraction of sp³-hybridized carbons (Fsp3) is 0. The van der Waals surface area contributed by atoms with E-state index in [-0.39, 0.29) is 0 Å². The molecule has 11 aromatic rings. The van der Waals surface area contributed by atoms with Gasteiger partial charge in [0, 0.05) is 53.6 Å². The highest BCUT2D eigenvalue weighted by atomic mass is 32.1. The number of fused-ring (bicyclic) bond motifs is 6. The third-order valence-corrected chi connectivity index (χ3v) is 12.3. The van der Waals surface area contributed by atoms with Gasteiger partial charge in [-0.25, -0.2) is 0 Å². The van der Waals surface area contributed by atoms with Crippen LogP contribution in [0.4, 0.5) is 17.1 Å². The molecule has 0 aliphatic rings. The van der Waals surface area contributed by atoms with Gasteiger partial charge in [-0.3, -0.25) is 0 Å². The maximum atomic E-state index is 6.12. The number of benzene rings is 9. The van der Waals surface area contributed by atoms with Gasteiger partial charge >= 0.3 is 0 Å². The Bertz CT molecular complexity index is 3230. The summed E-state index contributed by atoms with van der Waals surface area (Å²) in [5.74, 6) is 0. The zero-order chi connectivity index (χ0) is 37.7. The second-order valence-electron chi connectivity index (χ2n) is 14.5. The minimum Gasteiger partial charge on any atom is -0.456 e. The quantitative estimate of drug-likeness (QED) is 0.162. The summed E-state index contributed by atoms with van der Waals surface area (Å²) >= 11 is 1.88. The van der Waals surface area contributed by atoms with E-state index in [0.29, 0.717) is 0 Å². The van der Waals surface area contributed by atoms with Crippen LogP contribution in [0.1, 0.15) is 0 Å². The van der Waals surface area contributed by atoms with Crippen LogP contribution in [0.2, 0.25) is 0 Å². The zero-order valence-electron chi connectivity index (χ0n) is 31.0. The lowest BCUT2D eigenvalue weighted by Gasteiger charge is -2.26. The van der Waals surface area contributed by atoms with Gasteiger partial charge in [0.15, 0.2) is 0 Å². The smallest absolute Gasteiger partial charge is 0.135 e. The lowest BCUT2D eigenvalue weighted by atomic mass is 9.93. The Kier molecular flexibility index (Phi) is 8.04. The van der Waals surface area contributed by atoms with E-state index in [1.165, 1.54) is 53.6 Å². The Labute approximate surface area is 335 Å². The van der Waals surface area contributed by atoms with Crippen LogP contribution in [0, 0.1) is 0 Å². The molecule has 2 nitrogen and oxygen atoms in total. The van der Waals surface area contributed by atoms with Gasteiger partial charge in [0.2, 0.25) is 0 Å². The SMILES string of the molecule is c1ccc(-c2cccc(N(c3ccc(-c4ccc5oc6ccccc6c5c4)cc3)c3ccc(-c4ccccc4-c4cccc5c4sc4ccccc45)cc3)c2)cc1. The summed E-state index contributed by atoms with van der Waals surface area (Å²) < 4.78 is 8.77. The number of rotatable bonds is 7. The van der Waals surface area contributed by atoms with E-state index in [0.717, 1.165) is 50.1 Å². The molecule has 57 heavy (non-hydrogen) atoms. The van der Waals surface area contributed by atoms with Crippen molar-refractivity contribution in [1.82, 2.24) is 0 Å². The van der Waals surface area contributed by atoms with E-state index in [2.05, 4.69) is 205 Å². The van der Waals surface area contributed by atoms with Crippen LogP contribution in [-0.4, -0.2) is 0 Å². The molecule has 0 saturated carbocycles. The Morgan fingerprint density at radius 1 is 0.316 bits per heavy atom. The summed E-state index contributed by atoms with van der Waals surface area (Å²) in [5, 5.41) is 4.90. The second kappa shape index (κ2) is 13.8. The lowest BCUT2D eigenvalue weighted by Crippen LogP contribution is -2.10. The first-order valence-corrected chi connectivity index (χ1v) is 20.1. The van der Waals surface area contributed by atoms with Gasteiger partial charge in [-0.2, -0.15) is 0 Å². The van der Waals surface area contributed by atoms with Crippen molar-refractivity contribution in [3.63, 3.8) is 0 Å². The van der Waals surface area contributed by atoms with E-state index in [1.54, 1.807) is 0 Å². The van der Waals surface area contributed by atoms with Crippen molar-refractivity contribution < 1.29 is 4.42 Å². The molecule has 9 aromatic carbocycles. The van der Waals surface area contributed by atoms with Crippen molar-refractivity contribution in [2.75, 3.05) is 4.90 Å². The zero-order valence-corrected chi connectivity index (χ0v) is 31.8. The fourth-order valence-corrected chi connectivity index (χ4v) is 9.56. The van der Waals surface area contributed by atoms with Crippen molar-refractivity contribution in [2.45, 2.75) is 0 Å². The standard InChI is InChI=1S/C54H35NOS/c1-2-12-36(13-3-1)39-14-10-15-43(34-39)55(41-29-24-37(25-30-41)40-28-33-52-50(35-40)46-18-6-8-22-51(46)56-52)42-31-26-38(27-32-42)44-16-4-5-17-45(44)48-20-11-21-49-47-19-7-9-23-53(47)57-54(48)49/h1-35H. The molecule has 2 heterocycles. The largest absolute Gasteiger partial charge is 0.456 e. The first-order valence-electron chi connectivity index (χ1n) is 19.3. The number of para-hydroxylation sites is 1. The van der Waals surface area contributed by atoms with Gasteiger partial charge < -0.3 is 9.32 Å². The minimum absolute atomic E-state index is 0.907. The van der Waals surface area contributed by atoms with Gasteiger partial charge in [0.1, 0.15) is 11.2 Å². The highest BCUT2D eigenvalue weighted by molar-refractivity contribution is 7.26. The highest BCUT2D eigenvalue weighted by Gasteiger charge is 2.17. The number of hydrogen-bond acceptors (Lipinski definition) is 3. The van der Waals surface area contributed by atoms with Gasteiger partial charge in [-0.05, 0) is 99.6 Å². The molecule has 0 saturated heterocycles. The Balaban J connectivity index is 0.993. The number of furan rings is 1. The summed E-state index contributed by atoms with van der Waals surface area (Å²) in [6.07, 6.45) is 0. The van der Waals surface area contributed by atoms with Crippen molar-refractivity contribution in [3.05, 3.63) is 212 Å². The van der Waals surface area contributed by atoms with Gasteiger partial charge in [0.25, 0.3) is 0 Å². The average Bonchev–Trinajstić information content (AvgIpc) is 3.86. The summed E-state index contributed by atoms with van der Waals surface area (Å²) in [6, 6.07) is 76.4. The van der Waals surface area contributed by atoms with E-state index >= 15 is 0 Å². The van der Waals surface area contributed by atoms with Crippen molar-refractivity contribution in [2.24, 2.45) is 0 Å². The number of nitrogens with zero attached hydrogens (tertiary/aromatic N) is 1. The normalized spacial score (nSPS) is 11.5. The van der Waals surface area contributed by atoms with Crippen LogP contribution in [0.3, 0.4) is 0 Å². The molecule has 268 valence electrons. The van der Waals surface area contributed by atoms with Crippen molar-refractivity contribution >= 4 is 70.5 Å². The molecule has 0 fully saturated rings. The third-order valence-electron chi connectivity index (χ3n) is 11.1. The van der Waals surface area contributed by atoms with Crippen LogP contribution in [0.25, 0.3) is 86.6 Å². The molecule has 2 aromatic heterocycles. The van der Waals surface area contributed by atoms with E-state index < -0.39 is 0 Å². The Morgan fingerprint density at radius 3 is 1.70 bits per heavy atom. The maximum Gasteiger partial charge on any atom is 0.135 e. The first kappa shape index (κ1) is 33.2. The van der Waals surface area contributed by atoms with Crippen LogP contribution >= 0.6 is 11.3 Å². The summed E-state index contributed by atoms with van der Waals surface area (Å²) in [7, 11) is 0. The van der Waals surface area contributed by atoms with Gasteiger partial charge in [0.05, 0.1) is 0 Å². The average molecular weight is 746 g/mol. The molecule has 0 unspecified atom stereocenters. The van der Waals surface area contributed by atoms with Crippen LogP contribution in [-0.2, 0) is 0 Å². The molecular formula is C54H35NOS. The highest BCUT2D eigenvalue weighted by Crippen LogP contribution is 2.44. The summed E-state index contributed by atoms with van der Waals surface area (Å²) in [6.45, 7) is 0. The van der Waals surface area contributed by atoms with E-state index in [4.69, 9.17) is 4.42 Å². The van der Waals surface area contributed by atoms with Crippen molar-refractivity contribution in [3.8, 4) is 44.5 Å². The second-order valence-corrected chi connectivity index (χ2v) is 15.5. The Morgan fingerprint density at radius 2 is 0.877 bits per heavy atom. The molecule has 0 spiro atoms. The molecule has 0 aliphatic carbocycles. The number of hydrogen-bond donors (Lipinski definition) is 0. The molecule has 0 radical (unpaired) electrons. The monoisotopic (exact) mass is 745 g/mol. The third kappa shape index (κ3) is 5.88. The molecule has 0 aliphatic heterocycles. The number of thiophene rings is 1. The van der Waals surface area contributed by atoms with E-state index in [1.807, 2.05) is 23.5 Å². The topological polar surface area (TPSA) is 16.4 Å². The molecule has 0 N–H and O–H groups in total. The number of anilines is 3. The summed E-state index contributed by atoms with van der Waals surface area (Å²) in [5.41, 5.74) is 14.7. The van der Waals surface area contributed by atoms with E-state index in [9.17, 15) is 0 Å². The van der Waals surface area contributed by atoms with Crippen LogP contribution in [0.5, 0.6) is 0 Å². The molecule has 0 amide bonds. The molecule has 3 heteroatoms. The summed E-state index contributed by atoms with van der Waals surface area (Å²) in [4.78, 5) is 2.36. The van der Waals surface area contributed by atoms with Gasteiger partial charge in [-0.15, -0.1) is 11.3 Å². The van der Waals surface area contributed by atoms with Crippen LogP contribution in [0.15, 0.2) is 217 Å². The molecule has 11 rings (SSSR count). The predicted octanol–water partition coefficient (Wildman–Crippen LogP) is 16.1. The molecular weight excluding hydrogens is 711 g/mol. The van der Waals surface area contributed by atoms with Gasteiger partial charge in [-0.1, -0.05) is 152 Å². The predicted molar refractivity (Wildman–Crippen MR) is 243 cm³/mol. The molecule has 0 bridgehead atoms. The molecule has 0 atom stereocenters. The first-order chi connectivity index (χ1) is 28.2. The van der Waals surface area contributed by atoms with Crippen LogP contribution < -0.4 is 4.90 Å². The maximum absolute atomic E-state index is 6.12. The van der Waals surface area contributed by atoms with Crippen molar-refractivity contribution in [1.29, 1.82) is 0 Å². The lowest BCUT2D eigenvalue weighted by molar-refractivity contribution is 0.669. The minimum atomic E-state index is 0.907. The fourth-order valence-electron chi connectivity index (χ4n) is 8.33. The Hall–Kier alpha value is -7.20.